The van der Waals surface area contributed by atoms with Gasteiger partial charge in [0.05, 0.1) is 32.3 Å². The smallest absolute Gasteiger partial charge is 0.203 e. The number of ether oxygens (including phenoxy) is 3. The van der Waals surface area contributed by atoms with Crippen LogP contribution in [0.5, 0.6) is 17.2 Å². The van der Waals surface area contributed by atoms with Crippen molar-refractivity contribution in [2.45, 2.75) is 6.42 Å². The Hall–Kier alpha value is -4.84. The van der Waals surface area contributed by atoms with Gasteiger partial charge in [0, 0.05) is 17.5 Å². The standard InChI is InChI=1S/C32H26O6/c1-35-28-17-23(18-29(36-2)32(28)37-3)31-25(30(34)24-11-7-8-12-27(24)38-31)19-26(33)22-15-13-21(14-16-22)20-9-5-4-6-10-20/h4-18H,19H2,1-3H3. The SMILES string of the molecule is COc1cc(-c2oc3ccccc3c(=O)c2CC(=O)c2ccc(-c3ccccc3)cc2)cc(OC)c1OC. The van der Waals surface area contributed by atoms with Crippen LogP contribution in [0, 0.1) is 0 Å². The third kappa shape index (κ3) is 4.64. The summed E-state index contributed by atoms with van der Waals surface area (Å²) in [5.41, 5.74) is 3.53. The number of rotatable bonds is 8. The minimum absolute atomic E-state index is 0.135. The van der Waals surface area contributed by atoms with Crippen LogP contribution in [-0.4, -0.2) is 27.1 Å². The van der Waals surface area contributed by atoms with Gasteiger partial charge in [0.1, 0.15) is 11.3 Å². The molecule has 0 aliphatic carbocycles. The number of Topliss-reactive ketones (excluding diaryl/α,β-unsaturated/α-hetero) is 1. The van der Waals surface area contributed by atoms with Crippen molar-refractivity contribution in [2.24, 2.45) is 0 Å². The first-order valence-corrected chi connectivity index (χ1v) is 12.1. The molecule has 5 rings (SSSR count). The number of ketones is 1. The molecule has 0 saturated heterocycles. The van der Waals surface area contributed by atoms with Crippen molar-refractivity contribution in [3.8, 4) is 39.7 Å². The number of methoxy groups -OCH3 is 3. The van der Waals surface area contributed by atoms with Crippen LogP contribution in [0.2, 0.25) is 0 Å². The van der Waals surface area contributed by atoms with E-state index in [1.54, 1.807) is 48.5 Å². The third-order valence-electron chi connectivity index (χ3n) is 6.47. The molecule has 0 atom stereocenters. The van der Waals surface area contributed by atoms with Gasteiger partial charge in [-0.2, -0.15) is 0 Å². The summed E-state index contributed by atoms with van der Waals surface area (Å²) in [6.07, 6.45) is -0.135. The second kappa shape index (κ2) is 10.6. The van der Waals surface area contributed by atoms with Gasteiger partial charge in [0.2, 0.25) is 5.75 Å². The lowest BCUT2D eigenvalue weighted by Gasteiger charge is -2.15. The van der Waals surface area contributed by atoms with Gasteiger partial charge in [0.25, 0.3) is 0 Å². The van der Waals surface area contributed by atoms with E-state index in [2.05, 4.69) is 0 Å². The fourth-order valence-corrected chi connectivity index (χ4v) is 4.53. The first-order chi connectivity index (χ1) is 18.5. The summed E-state index contributed by atoms with van der Waals surface area (Å²) in [5.74, 6) is 1.32. The van der Waals surface area contributed by atoms with Gasteiger partial charge in [-0.1, -0.05) is 66.7 Å². The monoisotopic (exact) mass is 506 g/mol. The van der Waals surface area contributed by atoms with E-state index < -0.39 is 0 Å². The van der Waals surface area contributed by atoms with E-state index in [4.69, 9.17) is 18.6 Å². The van der Waals surface area contributed by atoms with E-state index in [-0.39, 0.29) is 29.0 Å². The average molecular weight is 507 g/mol. The van der Waals surface area contributed by atoms with Crippen molar-refractivity contribution < 1.29 is 23.4 Å². The van der Waals surface area contributed by atoms with Crippen LogP contribution in [-0.2, 0) is 6.42 Å². The first kappa shape index (κ1) is 24.8. The van der Waals surface area contributed by atoms with Crippen LogP contribution >= 0.6 is 0 Å². The van der Waals surface area contributed by atoms with E-state index in [1.807, 2.05) is 42.5 Å². The molecule has 190 valence electrons. The highest BCUT2D eigenvalue weighted by Crippen LogP contribution is 2.42. The second-order valence-electron chi connectivity index (χ2n) is 8.69. The van der Waals surface area contributed by atoms with Crippen molar-refractivity contribution in [2.75, 3.05) is 21.3 Å². The molecule has 5 aromatic rings. The molecule has 0 amide bonds. The Morgan fingerprint density at radius 2 is 1.32 bits per heavy atom. The normalized spacial score (nSPS) is 10.8. The Labute approximate surface area is 220 Å². The van der Waals surface area contributed by atoms with Gasteiger partial charge in [-0.15, -0.1) is 0 Å². The molecule has 0 bridgehead atoms. The van der Waals surface area contributed by atoms with Crippen molar-refractivity contribution in [1.29, 1.82) is 0 Å². The van der Waals surface area contributed by atoms with Crippen molar-refractivity contribution >= 4 is 16.8 Å². The lowest BCUT2D eigenvalue weighted by Crippen LogP contribution is -2.16. The largest absolute Gasteiger partial charge is 0.493 e. The molecule has 0 aliphatic heterocycles. The summed E-state index contributed by atoms with van der Waals surface area (Å²) >= 11 is 0. The number of hydrogen-bond donors (Lipinski definition) is 0. The topological polar surface area (TPSA) is 75.0 Å². The zero-order valence-electron chi connectivity index (χ0n) is 21.3. The average Bonchev–Trinajstić information content (AvgIpc) is 2.98. The molecule has 1 aromatic heterocycles. The lowest BCUT2D eigenvalue weighted by atomic mass is 9.96. The summed E-state index contributed by atoms with van der Waals surface area (Å²) in [5, 5.41) is 0.408. The van der Waals surface area contributed by atoms with Crippen LogP contribution < -0.4 is 19.6 Å². The quantitative estimate of drug-likeness (QED) is 0.221. The van der Waals surface area contributed by atoms with Crippen molar-refractivity contribution in [1.82, 2.24) is 0 Å². The summed E-state index contributed by atoms with van der Waals surface area (Å²) in [4.78, 5) is 27.1. The highest BCUT2D eigenvalue weighted by atomic mass is 16.5. The van der Waals surface area contributed by atoms with Gasteiger partial charge < -0.3 is 18.6 Å². The Bertz CT molecular complexity index is 1640. The van der Waals surface area contributed by atoms with Gasteiger partial charge in [-0.3, -0.25) is 9.59 Å². The van der Waals surface area contributed by atoms with E-state index in [9.17, 15) is 9.59 Å². The van der Waals surface area contributed by atoms with E-state index >= 15 is 0 Å². The minimum Gasteiger partial charge on any atom is -0.493 e. The number of hydrogen-bond acceptors (Lipinski definition) is 6. The zero-order chi connectivity index (χ0) is 26.6. The molecule has 0 N–H and O–H groups in total. The molecule has 6 nitrogen and oxygen atoms in total. The van der Waals surface area contributed by atoms with Gasteiger partial charge >= 0.3 is 0 Å². The van der Waals surface area contributed by atoms with Crippen LogP contribution in [0.3, 0.4) is 0 Å². The number of benzene rings is 4. The number of carbonyl (C=O) groups is 1. The number of para-hydroxylation sites is 1. The summed E-state index contributed by atoms with van der Waals surface area (Å²) < 4.78 is 22.7. The molecule has 4 aromatic carbocycles. The Morgan fingerprint density at radius 3 is 1.95 bits per heavy atom. The van der Waals surface area contributed by atoms with Crippen molar-refractivity contribution in [3.63, 3.8) is 0 Å². The third-order valence-corrected chi connectivity index (χ3v) is 6.47. The molecule has 0 saturated carbocycles. The predicted molar refractivity (Wildman–Crippen MR) is 147 cm³/mol. The Kier molecular flexibility index (Phi) is 6.96. The van der Waals surface area contributed by atoms with Gasteiger partial charge in [0.15, 0.2) is 22.7 Å². The maximum atomic E-state index is 13.7. The van der Waals surface area contributed by atoms with Crippen LogP contribution in [0.15, 0.2) is 100 Å². The molecule has 0 radical (unpaired) electrons. The molecule has 38 heavy (non-hydrogen) atoms. The van der Waals surface area contributed by atoms with Crippen LogP contribution in [0.25, 0.3) is 33.4 Å². The van der Waals surface area contributed by atoms with Gasteiger partial charge in [-0.05, 0) is 35.4 Å². The number of fused-ring (bicyclic) bond motifs is 1. The van der Waals surface area contributed by atoms with E-state index in [1.165, 1.54) is 21.3 Å². The summed E-state index contributed by atoms with van der Waals surface area (Å²) in [7, 11) is 4.55. The Balaban J connectivity index is 1.60. The summed E-state index contributed by atoms with van der Waals surface area (Å²) in [6, 6.07) is 27.7. The van der Waals surface area contributed by atoms with Crippen LogP contribution in [0.4, 0.5) is 0 Å². The molecule has 6 heteroatoms. The second-order valence-corrected chi connectivity index (χ2v) is 8.69. The van der Waals surface area contributed by atoms with Gasteiger partial charge in [-0.25, -0.2) is 0 Å². The fourth-order valence-electron chi connectivity index (χ4n) is 4.53. The van der Waals surface area contributed by atoms with E-state index in [0.29, 0.717) is 39.3 Å². The highest BCUT2D eigenvalue weighted by molar-refractivity contribution is 5.99. The molecular weight excluding hydrogens is 480 g/mol. The maximum Gasteiger partial charge on any atom is 0.203 e. The molecule has 0 aliphatic rings. The molecule has 0 fully saturated rings. The first-order valence-electron chi connectivity index (χ1n) is 12.1. The molecule has 0 spiro atoms. The predicted octanol–water partition coefficient (Wildman–Crippen LogP) is 6.58. The van der Waals surface area contributed by atoms with E-state index in [0.717, 1.165) is 11.1 Å². The molecule has 0 unspecified atom stereocenters. The lowest BCUT2D eigenvalue weighted by molar-refractivity contribution is 0.0992. The zero-order valence-corrected chi connectivity index (χ0v) is 21.3. The van der Waals surface area contributed by atoms with Crippen LogP contribution in [0.1, 0.15) is 15.9 Å². The maximum absolute atomic E-state index is 13.7. The minimum atomic E-state index is -0.259. The molecular formula is C32H26O6. The Morgan fingerprint density at radius 1 is 0.711 bits per heavy atom. The number of carbonyl (C=O) groups excluding carboxylic acids is 1. The fraction of sp³-hybridized carbons (Fsp3) is 0.125. The summed E-state index contributed by atoms with van der Waals surface area (Å²) in [6.45, 7) is 0. The van der Waals surface area contributed by atoms with Crippen molar-refractivity contribution in [3.05, 3.63) is 112 Å². The highest BCUT2D eigenvalue weighted by Gasteiger charge is 2.23. The molecule has 1 heterocycles.